The van der Waals surface area contributed by atoms with Crippen LogP contribution in [0.4, 0.5) is 0 Å². The summed E-state index contributed by atoms with van der Waals surface area (Å²) in [6, 6.07) is 14.3. The summed E-state index contributed by atoms with van der Waals surface area (Å²) in [5, 5.41) is 0.697. The number of benzene rings is 1. The second-order valence-corrected chi connectivity index (χ2v) is 7.17. The molecule has 2 aromatic heterocycles. The lowest BCUT2D eigenvalue weighted by molar-refractivity contribution is 0.240. The van der Waals surface area contributed by atoms with Gasteiger partial charge >= 0.3 is 0 Å². The lowest BCUT2D eigenvalue weighted by Crippen LogP contribution is -2.35. The first-order valence-electron chi connectivity index (χ1n) is 8.61. The fourth-order valence-corrected chi connectivity index (χ4v) is 3.64. The molecule has 0 fully saturated rings. The Balaban J connectivity index is 1.48. The molecular formula is C20H20N4OS. The van der Waals surface area contributed by atoms with Gasteiger partial charge in [-0.25, -0.2) is 4.98 Å². The predicted molar refractivity (Wildman–Crippen MR) is 104 cm³/mol. The number of aromatic nitrogens is 3. The molecule has 0 atom stereocenters. The lowest BCUT2D eigenvalue weighted by Gasteiger charge is -2.27. The van der Waals surface area contributed by atoms with E-state index in [0.717, 1.165) is 47.6 Å². The maximum Gasteiger partial charge on any atom is 0.256 e. The van der Waals surface area contributed by atoms with Crippen LogP contribution in [0.3, 0.4) is 0 Å². The Morgan fingerprint density at radius 3 is 2.77 bits per heavy atom. The van der Waals surface area contributed by atoms with Crippen molar-refractivity contribution in [1.82, 2.24) is 19.9 Å². The van der Waals surface area contributed by atoms with Crippen molar-refractivity contribution in [3.05, 3.63) is 75.8 Å². The number of thioether (sulfide) groups is 1. The Morgan fingerprint density at radius 1 is 1.19 bits per heavy atom. The van der Waals surface area contributed by atoms with Gasteiger partial charge < -0.3 is 4.98 Å². The number of hydrogen-bond acceptors (Lipinski definition) is 5. The number of hydrogen-bond donors (Lipinski definition) is 1. The van der Waals surface area contributed by atoms with Gasteiger partial charge in [0.25, 0.3) is 5.56 Å². The maximum absolute atomic E-state index is 12.3. The molecule has 0 unspecified atom stereocenters. The first kappa shape index (κ1) is 17.0. The molecule has 1 N–H and O–H groups in total. The molecule has 0 bridgehead atoms. The van der Waals surface area contributed by atoms with Crippen molar-refractivity contribution < 1.29 is 0 Å². The molecule has 4 rings (SSSR count). The highest BCUT2D eigenvalue weighted by atomic mass is 32.2. The molecule has 1 aromatic carbocycles. The van der Waals surface area contributed by atoms with Gasteiger partial charge in [0.1, 0.15) is 0 Å². The van der Waals surface area contributed by atoms with Crippen molar-refractivity contribution >= 4 is 11.8 Å². The third-order valence-electron chi connectivity index (χ3n) is 4.62. The predicted octanol–water partition coefficient (Wildman–Crippen LogP) is 3.11. The lowest BCUT2D eigenvalue weighted by atomic mass is 10.1. The summed E-state index contributed by atoms with van der Waals surface area (Å²) in [7, 11) is 0. The van der Waals surface area contributed by atoms with Crippen LogP contribution < -0.4 is 5.56 Å². The number of H-pyrrole nitrogens is 1. The second-order valence-electron chi connectivity index (χ2n) is 6.38. The Hall–Kier alpha value is -2.44. The van der Waals surface area contributed by atoms with Crippen molar-refractivity contribution in [1.29, 1.82) is 0 Å². The van der Waals surface area contributed by atoms with Gasteiger partial charge in [0.05, 0.1) is 17.0 Å². The topological polar surface area (TPSA) is 61.9 Å². The summed E-state index contributed by atoms with van der Waals surface area (Å²) in [5.74, 6) is 0. The molecule has 0 amide bonds. The largest absolute Gasteiger partial charge is 0.301 e. The molecule has 5 nitrogen and oxygen atoms in total. The van der Waals surface area contributed by atoms with E-state index in [-0.39, 0.29) is 5.56 Å². The third-order valence-corrected chi connectivity index (χ3v) is 5.20. The Labute approximate surface area is 156 Å². The van der Waals surface area contributed by atoms with Gasteiger partial charge in [-0.05, 0) is 17.9 Å². The van der Waals surface area contributed by atoms with E-state index in [1.165, 1.54) is 11.8 Å². The molecule has 0 saturated carbocycles. The van der Waals surface area contributed by atoms with E-state index in [1.807, 2.05) is 30.7 Å². The third kappa shape index (κ3) is 3.57. The molecule has 0 aliphatic carbocycles. The van der Waals surface area contributed by atoms with Gasteiger partial charge in [-0.1, -0.05) is 48.2 Å². The van der Waals surface area contributed by atoms with Crippen LogP contribution in [0.2, 0.25) is 0 Å². The standard InChI is InChI=1S/C20H20N4OS/c1-26-20-22-18-9-10-24(13-16(18)19(25)23-20)12-14-7-8-17(21-11-14)15-5-3-2-4-6-15/h2-8,11H,9-10,12-13H2,1H3,(H,22,23,25). The van der Waals surface area contributed by atoms with Crippen molar-refractivity contribution in [2.75, 3.05) is 12.8 Å². The molecule has 26 heavy (non-hydrogen) atoms. The van der Waals surface area contributed by atoms with E-state index in [9.17, 15) is 4.79 Å². The quantitative estimate of drug-likeness (QED) is 0.569. The number of aromatic amines is 1. The van der Waals surface area contributed by atoms with Crippen LogP contribution in [0.25, 0.3) is 11.3 Å². The zero-order chi connectivity index (χ0) is 17.9. The Bertz CT molecular complexity index is 954. The summed E-state index contributed by atoms with van der Waals surface area (Å²) in [4.78, 5) is 26.6. The highest BCUT2D eigenvalue weighted by Gasteiger charge is 2.21. The van der Waals surface area contributed by atoms with Crippen LogP contribution in [-0.4, -0.2) is 32.7 Å². The van der Waals surface area contributed by atoms with Crippen LogP contribution >= 0.6 is 11.8 Å². The van der Waals surface area contributed by atoms with Crippen LogP contribution in [-0.2, 0) is 19.5 Å². The van der Waals surface area contributed by atoms with E-state index >= 15 is 0 Å². The number of nitrogens with one attached hydrogen (secondary N) is 1. The molecule has 6 heteroatoms. The molecule has 3 aromatic rings. The van der Waals surface area contributed by atoms with Gasteiger partial charge in [-0.2, -0.15) is 0 Å². The van der Waals surface area contributed by atoms with E-state index in [2.05, 4.69) is 44.1 Å². The summed E-state index contributed by atoms with van der Waals surface area (Å²) >= 11 is 1.47. The van der Waals surface area contributed by atoms with Gasteiger partial charge in [0.2, 0.25) is 0 Å². The minimum absolute atomic E-state index is 0.0124. The highest BCUT2D eigenvalue weighted by molar-refractivity contribution is 7.98. The Kier molecular flexibility index (Phi) is 4.86. The molecular weight excluding hydrogens is 344 g/mol. The monoisotopic (exact) mass is 364 g/mol. The molecule has 0 radical (unpaired) electrons. The number of pyridine rings is 1. The van der Waals surface area contributed by atoms with E-state index in [1.54, 1.807) is 0 Å². The molecule has 3 heterocycles. The molecule has 0 saturated heterocycles. The number of rotatable bonds is 4. The minimum Gasteiger partial charge on any atom is -0.301 e. The fourth-order valence-electron chi connectivity index (χ4n) is 3.25. The van der Waals surface area contributed by atoms with Gasteiger partial charge in [0, 0.05) is 37.8 Å². The van der Waals surface area contributed by atoms with Gasteiger partial charge in [-0.15, -0.1) is 0 Å². The smallest absolute Gasteiger partial charge is 0.256 e. The van der Waals surface area contributed by atoms with Crippen LogP contribution in [0, 0.1) is 0 Å². The molecule has 1 aliphatic rings. The normalized spacial score (nSPS) is 14.2. The Morgan fingerprint density at radius 2 is 2.04 bits per heavy atom. The summed E-state index contributed by atoms with van der Waals surface area (Å²) in [6.45, 7) is 2.32. The van der Waals surface area contributed by atoms with E-state index < -0.39 is 0 Å². The van der Waals surface area contributed by atoms with Crippen LogP contribution in [0.15, 0.2) is 58.6 Å². The number of fused-ring (bicyclic) bond motifs is 1. The SMILES string of the molecule is CSc1nc2c(c(=O)[nH]1)CN(Cc1ccc(-c3ccccc3)nc1)CC2. The molecule has 132 valence electrons. The minimum atomic E-state index is -0.0124. The first-order chi connectivity index (χ1) is 12.7. The van der Waals surface area contributed by atoms with Crippen molar-refractivity contribution in [2.24, 2.45) is 0 Å². The maximum atomic E-state index is 12.3. The molecule has 0 spiro atoms. The van der Waals surface area contributed by atoms with Crippen molar-refractivity contribution in [3.63, 3.8) is 0 Å². The van der Waals surface area contributed by atoms with Gasteiger partial charge in [-0.3, -0.25) is 14.7 Å². The van der Waals surface area contributed by atoms with Gasteiger partial charge in [0.15, 0.2) is 5.16 Å². The van der Waals surface area contributed by atoms with Crippen LogP contribution in [0.1, 0.15) is 16.8 Å². The van der Waals surface area contributed by atoms with Crippen molar-refractivity contribution in [2.45, 2.75) is 24.7 Å². The zero-order valence-corrected chi connectivity index (χ0v) is 15.4. The zero-order valence-electron chi connectivity index (χ0n) is 14.6. The van der Waals surface area contributed by atoms with E-state index in [4.69, 9.17) is 0 Å². The second kappa shape index (κ2) is 7.43. The first-order valence-corrected chi connectivity index (χ1v) is 9.84. The number of nitrogens with zero attached hydrogens (tertiary/aromatic N) is 3. The summed E-state index contributed by atoms with van der Waals surface area (Å²) in [6.07, 6.45) is 4.66. The summed E-state index contributed by atoms with van der Waals surface area (Å²) in [5.41, 5.74) is 4.96. The summed E-state index contributed by atoms with van der Waals surface area (Å²) < 4.78 is 0. The van der Waals surface area contributed by atoms with Crippen molar-refractivity contribution in [3.8, 4) is 11.3 Å². The average molecular weight is 364 g/mol. The molecule has 1 aliphatic heterocycles. The van der Waals surface area contributed by atoms with E-state index in [0.29, 0.717) is 11.7 Å². The van der Waals surface area contributed by atoms with Crippen LogP contribution in [0.5, 0.6) is 0 Å². The highest BCUT2D eigenvalue weighted by Crippen LogP contribution is 2.20. The fraction of sp³-hybridized carbons (Fsp3) is 0.250. The average Bonchev–Trinajstić information content (AvgIpc) is 2.69.